The van der Waals surface area contributed by atoms with E-state index in [0.717, 1.165) is 0 Å². The topological polar surface area (TPSA) is 9.86 Å². The molecular weight excluding hydrogens is 471 g/mol. The summed E-state index contributed by atoms with van der Waals surface area (Å²) in [4.78, 5) is 0. The Morgan fingerprint density at radius 1 is 0.487 bits per heavy atom. The molecule has 8 rings (SSSR count). The number of para-hydroxylation sites is 1. The zero-order valence-electron chi connectivity index (χ0n) is 23.5. The van der Waals surface area contributed by atoms with Crippen LogP contribution in [-0.2, 0) is 0 Å². The molecule has 0 radical (unpaired) electrons. The second-order valence-corrected chi connectivity index (χ2v) is 11.9. The molecule has 1 aliphatic heterocycles. The van der Waals surface area contributed by atoms with Crippen molar-refractivity contribution in [1.29, 1.82) is 0 Å². The van der Waals surface area contributed by atoms with E-state index >= 15 is 0 Å². The van der Waals surface area contributed by atoms with Gasteiger partial charge in [0.2, 0.25) is 0 Å². The van der Waals surface area contributed by atoms with Gasteiger partial charge in [0, 0.05) is 38.3 Å². The predicted octanol–water partition coefficient (Wildman–Crippen LogP) is 7.71. The maximum Gasteiger partial charge on any atom is 0.332 e. The molecule has 0 amide bonds. The van der Waals surface area contributed by atoms with Crippen LogP contribution >= 0.6 is 0 Å². The van der Waals surface area contributed by atoms with Gasteiger partial charge in [-0.05, 0) is 100.0 Å². The maximum atomic E-state index is 2.67. The van der Waals surface area contributed by atoms with Crippen molar-refractivity contribution >= 4 is 61.4 Å². The lowest BCUT2D eigenvalue weighted by Gasteiger charge is -2.29. The average molecular weight is 502 g/mol. The van der Waals surface area contributed by atoms with E-state index in [9.17, 15) is 0 Å². The molecule has 0 N–H and O–H groups in total. The first kappa shape index (κ1) is 22.7. The third-order valence-electron chi connectivity index (χ3n) is 8.88. The molecule has 1 aliphatic rings. The van der Waals surface area contributed by atoms with Crippen LogP contribution in [-0.4, -0.2) is 15.9 Å². The Bertz CT molecular complexity index is 2130. The van der Waals surface area contributed by atoms with E-state index in [-0.39, 0.29) is 6.85 Å². The summed E-state index contributed by atoms with van der Waals surface area (Å²) < 4.78 is 5.19. The van der Waals surface area contributed by atoms with E-state index in [4.69, 9.17) is 0 Å². The first-order valence-electron chi connectivity index (χ1n) is 14.0. The number of aryl methyl sites for hydroxylation is 6. The van der Waals surface area contributed by atoms with Crippen LogP contribution in [0.3, 0.4) is 0 Å². The Balaban J connectivity index is 1.63. The highest BCUT2D eigenvalue weighted by atomic mass is 15.0. The number of rotatable bonds is 1. The van der Waals surface area contributed by atoms with Crippen LogP contribution in [0.25, 0.3) is 49.3 Å². The minimum absolute atomic E-state index is 0.0734. The Kier molecular flexibility index (Phi) is 4.47. The monoisotopic (exact) mass is 502 g/mol. The van der Waals surface area contributed by atoms with E-state index in [2.05, 4.69) is 129 Å². The fraction of sp³-hybridized carbons (Fsp3) is 0.167. The van der Waals surface area contributed by atoms with Crippen LogP contribution in [0, 0.1) is 41.5 Å². The van der Waals surface area contributed by atoms with E-state index in [1.165, 1.54) is 93.6 Å². The summed E-state index contributed by atoms with van der Waals surface area (Å²) in [5.74, 6) is 0. The number of aromatic nitrogens is 2. The maximum absolute atomic E-state index is 2.67. The van der Waals surface area contributed by atoms with Gasteiger partial charge in [0.05, 0.1) is 11.0 Å². The zero-order chi connectivity index (χ0) is 26.7. The number of hydrogen-bond acceptors (Lipinski definition) is 0. The zero-order valence-corrected chi connectivity index (χ0v) is 23.5. The first-order valence-corrected chi connectivity index (χ1v) is 14.0. The molecule has 0 fully saturated rings. The predicted molar refractivity (Wildman–Crippen MR) is 169 cm³/mol. The smallest absolute Gasteiger partial charge is 0.332 e. The highest BCUT2D eigenvalue weighted by Crippen LogP contribution is 2.38. The van der Waals surface area contributed by atoms with Crippen LogP contribution in [0.2, 0.25) is 0 Å². The molecule has 0 spiro atoms. The van der Waals surface area contributed by atoms with Gasteiger partial charge >= 0.3 is 6.85 Å². The molecule has 0 saturated carbocycles. The van der Waals surface area contributed by atoms with Gasteiger partial charge in [-0.1, -0.05) is 64.7 Å². The van der Waals surface area contributed by atoms with Crippen molar-refractivity contribution in [2.45, 2.75) is 41.5 Å². The summed E-state index contributed by atoms with van der Waals surface area (Å²) in [6.07, 6.45) is 0. The van der Waals surface area contributed by atoms with Gasteiger partial charge in [-0.3, -0.25) is 0 Å². The second kappa shape index (κ2) is 7.67. The third kappa shape index (κ3) is 2.93. The SMILES string of the molecule is Cc1cc(C)c2c(c1)c1cc(C)cc(C)c1n2B1c2ccccc2-n2c3ccc(C)cc3c3cc(C)cc1c32. The van der Waals surface area contributed by atoms with Crippen molar-refractivity contribution in [3.63, 3.8) is 0 Å². The molecule has 2 aromatic heterocycles. The Morgan fingerprint density at radius 3 is 1.72 bits per heavy atom. The average Bonchev–Trinajstić information content (AvgIpc) is 3.38. The van der Waals surface area contributed by atoms with Gasteiger partial charge < -0.3 is 9.05 Å². The van der Waals surface area contributed by atoms with Crippen molar-refractivity contribution in [1.82, 2.24) is 9.05 Å². The molecule has 5 aromatic carbocycles. The van der Waals surface area contributed by atoms with Crippen LogP contribution < -0.4 is 10.9 Å². The van der Waals surface area contributed by atoms with Crippen LogP contribution in [0.1, 0.15) is 33.4 Å². The van der Waals surface area contributed by atoms with Crippen LogP contribution in [0.15, 0.2) is 78.9 Å². The molecular formula is C36H31BN2. The van der Waals surface area contributed by atoms with Crippen molar-refractivity contribution in [2.75, 3.05) is 0 Å². The van der Waals surface area contributed by atoms with Gasteiger partial charge in [0.15, 0.2) is 0 Å². The molecule has 3 heterocycles. The molecule has 2 nitrogen and oxygen atoms in total. The van der Waals surface area contributed by atoms with Crippen LogP contribution in [0.4, 0.5) is 0 Å². The molecule has 39 heavy (non-hydrogen) atoms. The molecule has 188 valence electrons. The van der Waals surface area contributed by atoms with Crippen molar-refractivity contribution in [2.24, 2.45) is 0 Å². The molecule has 7 aromatic rings. The largest absolute Gasteiger partial charge is 0.375 e. The lowest BCUT2D eigenvalue weighted by Crippen LogP contribution is -2.53. The highest BCUT2D eigenvalue weighted by molar-refractivity contribution is 6.88. The van der Waals surface area contributed by atoms with E-state index in [1.807, 2.05) is 0 Å². The third-order valence-corrected chi connectivity index (χ3v) is 8.88. The fourth-order valence-electron chi connectivity index (χ4n) is 7.61. The summed E-state index contributed by atoms with van der Waals surface area (Å²) in [6, 6.07) is 30.3. The van der Waals surface area contributed by atoms with Crippen LogP contribution in [0.5, 0.6) is 0 Å². The fourth-order valence-corrected chi connectivity index (χ4v) is 7.61. The summed E-state index contributed by atoms with van der Waals surface area (Å²) in [5, 5.41) is 5.41. The normalized spacial score (nSPS) is 12.8. The summed E-state index contributed by atoms with van der Waals surface area (Å²) in [5.41, 5.74) is 17.3. The molecule has 0 aliphatic carbocycles. The van der Waals surface area contributed by atoms with Gasteiger partial charge in [0.1, 0.15) is 0 Å². The standard InChI is InChI=1S/C36H31BN2/c1-20-11-12-32-26(15-20)27-18-23(4)19-31-36(27)38(32)33-10-8-7-9-30(33)37(31)39-34-24(5)13-21(2)16-28(34)29-17-22(3)14-25(6)35(29)39/h7-19H,1-6H3. The van der Waals surface area contributed by atoms with E-state index in [0.29, 0.717) is 0 Å². The number of hydrogen-bond donors (Lipinski definition) is 0. The Morgan fingerprint density at radius 2 is 1.05 bits per heavy atom. The molecule has 0 atom stereocenters. The highest BCUT2D eigenvalue weighted by Gasteiger charge is 2.36. The lowest BCUT2D eigenvalue weighted by molar-refractivity contribution is 1.17. The Labute approximate surface area is 229 Å². The second-order valence-electron chi connectivity index (χ2n) is 11.9. The minimum atomic E-state index is 0.0734. The summed E-state index contributed by atoms with van der Waals surface area (Å²) in [7, 11) is 0. The van der Waals surface area contributed by atoms with Crippen molar-refractivity contribution < 1.29 is 0 Å². The molecule has 0 bridgehead atoms. The van der Waals surface area contributed by atoms with E-state index < -0.39 is 0 Å². The van der Waals surface area contributed by atoms with Crippen molar-refractivity contribution in [3.8, 4) is 5.69 Å². The van der Waals surface area contributed by atoms with Gasteiger partial charge in [0.25, 0.3) is 0 Å². The molecule has 3 heteroatoms. The molecule has 0 saturated heterocycles. The van der Waals surface area contributed by atoms with Gasteiger partial charge in [-0.2, -0.15) is 0 Å². The summed E-state index contributed by atoms with van der Waals surface area (Å²) in [6.45, 7) is 13.5. The molecule has 0 unspecified atom stereocenters. The van der Waals surface area contributed by atoms with Crippen molar-refractivity contribution in [3.05, 3.63) is 112 Å². The quantitative estimate of drug-likeness (QED) is 0.204. The van der Waals surface area contributed by atoms with E-state index in [1.54, 1.807) is 0 Å². The first-order chi connectivity index (χ1) is 18.8. The number of nitrogens with zero attached hydrogens (tertiary/aromatic N) is 2. The minimum Gasteiger partial charge on any atom is -0.375 e. The number of benzene rings is 5. The lowest BCUT2D eigenvalue weighted by atomic mass is 9.48. The Hall–Kier alpha value is -4.24. The van der Waals surface area contributed by atoms with Gasteiger partial charge in [-0.15, -0.1) is 0 Å². The number of fused-ring (bicyclic) bond motifs is 8. The summed E-state index contributed by atoms with van der Waals surface area (Å²) >= 11 is 0. The van der Waals surface area contributed by atoms with Gasteiger partial charge in [-0.25, -0.2) is 0 Å².